The Balaban J connectivity index is 3.50. The maximum absolute atomic E-state index is 12.7. The second kappa shape index (κ2) is 3.10. The fourth-order valence-electron chi connectivity index (χ4n) is 1.20. The first-order valence-corrected chi connectivity index (χ1v) is 5.23. The molecule has 1 aromatic rings. The van der Waals surface area contributed by atoms with Crippen molar-refractivity contribution in [1.82, 2.24) is 0 Å². The zero-order chi connectivity index (χ0) is 10.2. The standard InChI is InChI=1S/C9H11FO2S/c1-6-4-8(3)9(5-7(6)2)13(10,11)12/h4-5H,1-3H3. The zero-order valence-electron chi connectivity index (χ0n) is 7.76. The molecule has 0 amide bonds. The van der Waals surface area contributed by atoms with E-state index in [1.807, 2.05) is 6.92 Å². The Morgan fingerprint density at radius 3 is 1.92 bits per heavy atom. The molecule has 72 valence electrons. The summed E-state index contributed by atoms with van der Waals surface area (Å²) in [5, 5.41) is 0. The number of hydrogen-bond acceptors (Lipinski definition) is 2. The molecule has 1 aromatic carbocycles. The van der Waals surface area contributed by atoms with E-state index in [9.17, 15) is 12.3 Å². The lowest BCUT2D eigenvalue weighted by molar-refractivity contribution is 0.551. The summed E-state index contributed by atoms with van der Waals surface area (Å²) in [5.74, 6) is 0. The van der Waals surface area contributed by atoms with Crippen LogP contribution in [0, 0.1) is 20.8 Å². The molecule has 0 aromatic heterocycles. The van der Waals surface area contributed by atoms with Crippen LogP contribution in [0.1, 0.15) is 16.7 Å². The number of halogens is 1. The zero-order valence-corrected chi connectivity index (χ0v) is 8.57. The van der Waals surface area contributed by atoms with E-state index in [-0.39, 0.29) is 4.90 Å². The second-order valence-electron chi connectivity index (χ2n) is 3.14. The molecule has 0 aliphatic rings. The fourth-order valence-corrected chi connectivity index (χ4v) is 1.96. The highest BCUT2D eigenvalue weighted by Gasteiger charge is 2.15. The Labute approximate surface area is 77.6 Å². The summed E-state index contributed by atoms with van der Waals surface area (Å²) >= 11 is 0. The van der Waals surface area contributed by atoms with E-state index in [1.165, 1.54) is 6.07 Å². The maximum atomic E-state index is 12.7. The van der Waals surface area contributed by atoms with Gasteiger partial charge in [0.05, 0.1) is 0 Å². The Kier molecular flexibility index (Phi) is 2.43. The van der Waals surface area contributed by atoms with Gasteiger partial charge in [0.15, 0.2) is 0 Å². The van der Waals surface area contributed by atoms with E-state index in [2.05, 4.69) is 0 Å². The Hall–Kier alpha value is -0.900. The van der Waals surface area contributed by atoms with Gasteiger partial charge in [-0.05, 0) is 43.5 Å². The lowest BCUT2D eigenvalue weighted by Crippen LogP contribution is -1.97. The van der Waals surface area contributed by atoms with Crippen LogP contribution in [-0.4, -0.2) is 8.42 Å². The lowest BCUT2D eigenvalue weighted by Gasteiger charge is -2.05. The number of benzene rings is 1. The maximum Gasteiger partial charge on any atom is 0.332 e. The van der Waals surface area contributed by atoms with E-state index in [0.717, 1.165) is 11.1 Å². The van der Waals surface area contributed by atoms with Crippen LogP contribution in [0.25, 0.3) is 0 Å². The van der Waals surface area contributed by atoms with Crippen molar-refractivity contribution in [2.75, 3.05) is 0 Å². The summed E-state index contributed by atoms with van der Waals surface area (Å²) in [6, 6.07) is 3.03. The highest BCUT2D eigenvalue weighted by molar-refractivity contribution is 7.86. The third-order valence-electron chi connectivity index (χ3n) is 2.05. The molecule has 0 saturated carbocycles. The first-order chi connectivity index (χ1) is 5.82. The highest BCUT2D eigenvalue weighted by Crippen LogP contribution is 2.21. The predicted octanol–water partition coefficient (Wildman–Crippen LogP) is 2.27. The van der Waals surface area contributed by atoms with Gasteiger partial charge in [-0.25, -0.2) is 0 Å². The smallest absolute Gasteiger partial charge is 0.189 e. The molecule has 0 aliphatic heterocycles. The third kappa shape index (κ3) is 2.06. The molecule has 4 heteroatoms. The van der Waals surface area contributed by atoms with Crippen LogP contribution in [0.2, 0.25) is 0 Å². The number of rotatable bonds is 1. The van der Waals surface area contributed by atoms with Crippen molar-refractivity contribution in [3.05, 3.63) is 28.8 Å². The molecule has 0 atom stereocenters. The Bertz CT molecular complexity index is 435. The quantitative estimate of drug-likeness (QED) is 0.655. The van der Waals surface area contributed by atoms with Crippen LogP contribution in [0.3, 0.4) is 0 Å². The molecule has 0 saturated heterocycles. The Morgan fingerprint density at radius 2 is 1.46 bits per heavy atom. The molecule has 0 unspecified atom stereocenters. The summed E-state index contributed by atoms with van der Waals surface area (Å²) in [4.78, 5) is -0.226. The molecular formula is C9H11FO2S. The normalized spacial score (nSPS) is 11.7. The largest absolute Gasteiger partial charge is 0.332 e. The van der Waals surface area contributed by atoms with E-state index in [0.29, 0.717) is 5.56 Å². The molecule has 0 spiro atoms. The molecule has 13 heavy (non-hydrogen) atoms. The van der Waals surface area contributed by atoms with Crippen LogP contribution in [0.4, 0.5) is 3.89 Å². The lowest BCUT2D eigenvalue weighted by atomic mass is 10.1. The average molecular weight is 202 g/mol. The minimum Gasteiger partial charge on any atom is -0.189 e. The van der Waals surface area contributed by atoms with Crippen molar-refractivity contribution in [3.8, 4) is 0 Å². The van der Waals surface area contributed by atoms with Crippen molar-refractivity contribution < 1.29 is 12.3 Å². The number of aryl methyl sites for hydroxylation is 3. The van der Waals surface area contributed by atoms with Gasteiger partial charge < -0.3 is 0 Å². The van der Waals surface area contributed by atoms with Gasteiger partial charge in [-0.3, -0.25) is 0 Å². The van der Waals surface area contributed by atoms with Crippen molar-refractivity contribution in [3.63, 3.8) is 0 Å². The van der Waals surface area contributed by atoms with E-state index >= 15 is 0 Å². The van der Waals surface area contributed by atoms with Gasteiger partial charge in [-0.1, -0.05) is 6.07 Å². The molecule has 1 rings (SSSR count). The van der Waals surface area contributed by atoms with Crippen molar-refractivity contribution in [2.45, 2.75) is 25.7 Å². The van der Waals surface area contributed by atoms with E-state index in [4.69, 9.17) is 0 Å². The second-order valence-corrected chi connectivity index (χ2v) is 4.46. The molecule has 0 bridgehead atoms. The van der Waals surface area contributed by atoms with Crippen LogP contribution in [0.5, 0.6) is 0 Å². The molecule has 0 fully saturated rings. The van der Waals surface area contributed by atoms with Gasteiger partial charge in [0.1, 0.15) is 4.90 Å². The summed E-state index contributed by atoms with van der Waals surface area (Å²) in [6.07, 6.45) is 0. The molecular weight excluding hydrogens is 191 g/mol. The SMILES string of the molecule is Cc1cc(C)c(S(=O)(=O)F)cc1C. The summed E-state index contributed by atoms with van der Waals surface area (Å²) in [5.41, 5.74) is 2.19. The van der Waals surface area contributed by atoms with Gasteiger partial charge in [0.25, 0.3) is 0 Å². The van der Waals surface area contributed by atoms with E-state index < -0.39 is 10.2 Å². The third-order valence-corrected chi connectivity index (χ3v) is 3.02. The number of hydrogen-bond donors (Lipinski definition) is 0. The molecule has 0 N–H and O–H groups in total. The average Bonchev–Trinajstić information content (AvgIpc) is 1.94. The van der Waals surface area contributed by atoms with Crippen molar-refractivity contribution in [2.24, 2.45) is 0 Å². The van der Waals surface area contributed by atoms with Crippen LogP contribution in [0.15, 0.2) is 17.0 Å². The minimum absolute atomic E-state index is 0.226. The first kappa shape index (κ1) is 10.2. The minimum atomic E-state index is -4.57. The summed E-state index contributed by atoms with van der Waals surface area (Å²) in [6.45, 7) is 5.19. The van der Waals surface area contributed by atoms with Crippen LogP contribution >= 0.6 is 0 Å². The molecule has 0 heterocycles. The summed E-state index contributed by atoms with van der Waals surface area (Å²) in [7, 11) is -4.57. The fraction of sp³-hybridized carbons (Fsp3) is 0.333. The monoisotopic (exact) mass is 202 g/mol. The topological polar surface area (TPSA) is 34.1 Å². The van der Waals surface area contributed by atoms with Crippen LogP contribution in [-0.2, 0) is 10.2 Å². The van der Waals surface area contributed by atoms with Gasteiger partial charge in [-0.15, -0.1) is 3.89 Å². The molecule has 0 radical (unpaired) electrons. The van der Waals surface area contributed by atoms with Gasteiger partial charge in [-0.2, -0.15) is 8.42 Å². The van der Waals surface area contributed by atoms with Crippen LogP contribution < -0.4 is 0 Å². The molecule has 2 nitrogen and oxygen atoms in total. The first-order valence-electron chi connectivity index (χ1n) is 3.85. The molecule has 0 aliphatic carbocycles. The summed E-state index contributed by atoms with van der Waals surface area (Å²) < 4.78 is 34.0. The van der Waals surface area contributed by atoms with Crippen molar-refractivity contribution >= 4 is 10.2 Å². The van der Waals surface area contributed by atoms with Gasteiger partial charge >= 0.3 is 10.2 Å². The van der Waals surface area contributed by atoms with Crippen molar-refractivity contribution in [1.29, 1.82) is 0 Å². The van der Waals surface area contributed by atoms with E-state index in [1.54, 1.807) is 19.9 Å². The highest BCUT2D eigenvalue weighted by atomic mass is 32.3. The van der Waals surface area contributed by atoms with Gasteiger partial charge in [0, 0.05) is 0 Å². The Morgan fingerprint density at radius 1 is 1.00 bits per heavy atom. The van der Waals surface area contributed by atoms with Gasteiger partial charge in [0.2, 0.25) is 0 Å². The predicted molar refractivity (Wildman–Crippen MR) is 48.9 cm³/mol.